The molecule has 0 aliphatic carbocycles. The second-order valence-electron chi connectivity index (χ2n) is 7.00. The van der Waals surface area contributed by atoms with E-state index in [-0.39, 0.29) is 0 Å². The van der Waals surface area contributed by atoms with E-state index in [4.69, 9.17) is 0 Å². The zero-order valence-corrected chi connectivity index (χ0v) is 13.2. The third-order valence-corrected chi connectivity index (χ3v) is 3.93. The van der Waals surface area contributed by atoms with Gasteiger partial charge in [-0.25, -0.2) is 0 Å². The quantitative estimate of drug-likeness (QED) is 0.771. The summed E-state index contributed by atoms with van der Waals surface area (Å²) in [5.74, 6) is 0. The molecule has 1 N–H and O–H groups in total. The topological polar surface area (TPSA) is 15.3 Å². The second kappa shape index (κ2) is 6.72. The van der Waals surface area contributed by atoms with Gasteiger partial charge in [0.15, 0.2) is 0 Å². The molecule has 2 nitrogen and oxygen atoms in total. The third kappa shape index (κ3) is 4.74. The number of nitrogens with one attached hydrogen (secondary N) is 1. The summed E-state index contributed by atoms with van der Waals surface area (Å²) in [6, 6.07) is 1.32. The van der Waals surface area contributed by atoms with Crippen molar-refractivity contribution in [3.05, 3.63) is 11.6 Å². The summed E-state index contributed by atoms with van der Waals surface area (Å²) >= 11 is 0. The lowest BCUT2D eigenvalue weighted by atomic mass is 9.84. The molecule has 0 bridgehead atoms. The van der Waals surface area contributed by atoms with E-state index in [1.807, 2.05) is 0 Å². The van der Waals surface area contributed by atoms with Crippen LogP contribution in [-0.2, 0) is 0 Å². The van der Waals surface area contributed by atoms with Gasteiger partial charge in [0.05, 0.1) is 0 Å². The highest BCUT2D eigenvalue weighted by molar-refractivity contribution is 4.99. The van der Waals surface area contributed by atoms with Gasteiger partial charge >= 0.3 is 0 Å². The average Bonchev–Trinajstić information content (AvgIpc) is 2.26. The number of nitrogens with zero attached hydrogens (tertiary/aromatic N) is 1. The van der Waals surface area contributed by atoms with Crippen LogP contribution in [0, 0.1) is 5.41 Å². The van der Waals surface area contributed by atoms with E-state index in [9.17, 15) is 0 Å². The molecule has 1 fully saturated rings. The summed E-state index contributed by atoms with van der Waals surface area (Å²) < 4.78 is 0. The first-order valence-electron chi connectivity index (χ1n) is 7.45. The highest BCUT2D eigenvalue weighted by atomic mass is 15.2. The van der Waals surface area contributed by atoms with Gasteiger partial charge in [-0.15, -0.1) is 0 Å². The van der Waals surface area contributed by atoms with Gasteiger partial charge in [-0.1, -0.05) is 45.8 Å². The molecule has 106 valence electrons. The van der Waals surface area contributed by atoms with Crippen LogP contribution in [0.5, 0.6) is 0 Å². The van der Waals surface area contributed by atoms with Crippen molar-refractivity contribution in [1.29, 1.82) is 0 Å². The molecule has 1 aliphatic rings. The molecular formula is C16H32N2. The molecule has 18 heavy (non-hydrogen) atoms. The number of allylic oxidation sites excluding steroid dienone is 1. The van der Waals surface area contributed by atoms with Crippen molar-refractivity contribution < 1.29 is 0 Å². The Morgan fingerprint density at radius 1 is 1.33 bits per heavy atom. The van der Waals surface area contributed by atoms with E-state index in [2.05, 4.69) is 57.8 Å². The number of piperazine rings is 1. The third-order valence-electron chi connectivity index (χ3n) is 3.93. The van der Waals surface area contributed by atoms with Gasteiger partial charge in [-0.2, -0.15) is 0 Å². The number of hydrogen-bond acceptors (Lipinski definition) is 2. The van der Waals surface area contributed by atoms with Crippen LogP contribution >= 0.6 is 0 Å². The van der Waals surface area contributed by atoms with Crippen molar-refractivity contribution in [2.75, 3.05) is 19.6 Å². The Morgan fingerprint density at radius 3 is 2.50 bits per heavy atom. The molecule has 0 saturated carbocycles. The first-order valence-corrected chi connectivity index (χ1v) is 7.45. The molecule has 2 unspecified atom stereocenters. The van der Waals surface area contributed by atoms with Crippen molar-refractivity contribution >= 4 is 0 Å². The number of rotatable bonds is 4. The maximum absolute atomic E-state index is 3.75. The Balaban J connectivity index is 2.67. The molecular weight excluding hydrogens is 220 g/mol. The first-order chi connectivity index (χ1) is 8.34. The Bertz CT molecular complexity index is 271. The molecule has 0 aromatic heterocycles. The molecule has 0 spiro atoms. The van der Waals surface area contributed by atoms with Gasteiger partial charge in [-0.3, -0.25) is 4.90 Å². The summed E-state index contributed by atoms with van der Waals surface area (Å²) in [6.07, 6.45) is 4.95. The maximum atomic E-state index is 3.75. The number of hydrogen-bond donors (Lipinski definition) is 1. The summed E-state index contributed by atoms with van der Waals surface area (Å²) in [6.45, 7) is 17.1. The minimum absolute atomic E-state index is 0.348. The summed E-state index contributed by atoms with van der Waals surface area (Å²) in [5, 5.41) is 3.75. The SMILES string of the molecule is CCCC1CNC(C(C)(C)C)CN1CC=C(C)C. The van der Waals surface area contributed by atoms with Crippen molar-refractivity contribution in [2.24, 2.45) is 5.41 Å². The second-order valence-corrected chi connectivity index (χ2v) is 7.00. The Labute approximate surface area is 114 Å². The Morgan fingerprint density at radius 2 is 2.00 bits per heavy atom. The van der Waals surface area contributed by atoms with E-state index >= 15 is 0 Å². The van der Waals surface area contributed by atoms with Crippen LogP contribution in [0.4, 0.5) is 0 Å². The van der Waals surface area contributed by atoms with Crippen LogP contribution in [-0.4, -0.2) is 36.6 Å². The molecule has 1 aliphatic heterocycles. The van der Waals surface area contributed by atoms with Crippen molar-refractivity contribution in [3.63, 3.8) is 0 Å². The molecule has 0 amide bonds. The smallest absolute Gasteiger partial charge is 0.0244 e. The normalized spacial score (nSPS) is 26.1. The molecule has 1 saturated heterocycles. The standard InChI is InChI=1S/C16H32N2/c1-7-8-14-11-17-15(16(4,5)6)12-18(14)10-9-13(2)3/h9,14-15,17H,7-8,10-12H2,1-6H3. The molecule has 1 heterocycles. The lowest BCUT2D eigenvalue weighted by molar-refractivity contribution is 0.0909. The van der Waals surface area contributed by atoms with Gasteiger partial charge in [-0.05, 0) is 25.7 Å². The lowest BCUT2D eigenvalue weighted by Gasteiger charge is -2.45. The van der Waals surface area contributed by atoms with E-state index in [1.54, 1.807) is 0 Å². The van der Waals surface area contributed by atoms with Crippen LogP contribution < -0.4 is 5.32 Å². The van der Waals surface area contributed by atoms with Gasteiger partial charge in [0.2, 0.25) is 0 Å². The molecule has 1 rings (SSSR count). The van der Waals surface area contributed by atoms with Crippen LogP contribution in [0.1, 0.15) is 54.4 Å². The lowest BCUT2D eigenvalue weighted by Crippen LogP contribution is -2.60. The molecule has 0 aromatic rings. The van der Waals surface area contributed by atoms with Gasteiger partial charge in [0.1, 0.15) is 0 Å². The zero-order valence-electron chi connectivity index (χ0n) is 13.2. The van der Waals surface area contributed by atoms with E-state index in [0.717, 1.165) is 13.1 Å². The van der Waals surface area contributed by atoms with Crippen LogP contribution in [0.3, 0.4) is 0 Å². The zero-order chi connectivity index (χ0) is 13.8. The highest BCUT2D eigenvalue weighted by Crippen LogP contribution is 2.24. The summed E-state index contributed by atoms with van der Waals surface area (Å²) in [5.41, 5.74) is 1.77. The Hall–Kier alpha value is -0.340. The first kappa shape index (κ1) is 15.7. The molecule has 0 radical (unpaired) electrons. The predicted molar refractivity (Wildman–Crippen MR) is 80.9 cm³/mol. The Kier molecular flexibility index (Phi) is 5.87. The summed E-state index contributed by atoms with van der Waals surface area (Å²) in [4.78, 5) is 2.67. The van der Waals surface area contributed by atoms with E-state index < -0.39 is 0 Å². The average molecular weight is 252 g/mol. The van der Waals surface area contributed by atoms with Crippen LogP contribution in [0.2, 0.25) is 0 Å². The van der Waals surface area contributed by atoms with Crippen molar-refractivity contribution in [3.8, 4) is 0 Å². The fourth-order valence-corrected chi connectivity index (χ4v) is 2.58. The van der Waals surface area contributed by atoms with Crippen molar-refractivity contribution in [2.45, 2.75) is 66.5 Å². The fourth-order valence-electron chi connectivity index (χ4n) is 2.58. The van der Waals surface area contributed by atoms with E-state index in [1.165, 1.54) is 25.0 Å². The molecule has 2 atom stereocenters. The van der Waals surface area contributed by atoms with Crippen LogP contribution in [0.25, 0.3) is 0 Å². The van der Waals surface area contributed by atoms with E-state index in [0.29, 0.717) is 17.5 Å². The fraction of sp³-hybridized carbons (Fsp3) is 0.875. The van der Waals surface area contributed by atoms with Gasteiger partial charge < -0.3 is 5.32 Å². The summed E-state index contributed by atoms with van der Waals surface area (Å²) in [7, 11) is 0. The predicted octanol–water partition coefficient (Wildman–Crippen LogP) is 3.44. The van der Waals surface area contributed by atoms with Crippen LogP contribution in [0.15, 0.2) is 11.6 Å². The minimum atomic E-state index is 0.348. The highest BCUT2D eigenvalue weighted by Gasteiger charge is 2.32. The largest absolute Gasteiger partial charge is 0.311 e. The van der Waals surface area contributed by atoms with Crippen molar-refractivity contribution in [1.82, 2.24) is 10.2 Å². The molecule has 2 heteroatoms. The monoisotopic (exact) mass is 252 g/mol. The maximum Gasteiger partial charge on any atom is 0.0244 e. The minimum Gasteiger partial charge on any atom is -0.311 e. The van der Waals surface area contributed by atoms with Gasteiger partial charge in [0.25, 0.3) is 0 Å². The molecule has 0 aromatic carbocycles. The van der Waals surface area contributed by atoms with Gasteiger partial charge in [0, 0.05) is 31.7 Å².